The zero-order chi connectivity index (χ0) is 16.2. The Bertz CT molecular complexity index is 857. The van der Waals surface area contributed by atoms with Gasteiger partial charge in [-0.3, -0.25) is 4.90 Å². The molecule has 6 heteroatoms. The minimum Gasteiger partial charge on any atom is -0.299 e. The maximum atomic E-state index is 12.7. The van der Waals surface area contributed by atoms with Gasteiger partial charge in [-0.05, 0) is 55.6 Å². The van der Waals surface area contributed by atoms with Gasteiger partial charge in [-0.25, -0.2) is 13.1 Å². The van der Waals surface area contributed by atoms with Gasteiger partial charge in [0.05, 0.1) is 0 Å². The lowest BCUT2D eigenvalue weighted by atomic mass is 9.94. The number of likely N-dealkylation sites (N-methyl/N-ethyl adjacent to an activating group) is 1. The second-order valence-electron chi connectivity index (χ2n) is 6.44. The fraction of sp³-hybridized carbons (Fsp3) is 0.412. The number of thiophene rings is 1. The van der Waals surface area contributed by atoms with Crippen LogP contribution in [0.25, 0.3) is 0 Å². The number of hydrogen-bond donors (Lipinski definition) is 1. The van der Waals surface area contributed by atoms with Crippen LogP contribution in [-0.4, -0.2) is 26.9 Å². The molecule has 2 aromatic rings. The topological polar surface area (TPSA) is 49.4 Å². The Morgan fingerprint density at radius 2 is 2.09 bits per heavy atom. The van der Waals surface area contributed by atoms with E-state index in [4.69, 9.17) is 0 Å². The first-order chi connectivity index (χ1) is 11.0. The molecule has 4 rings (SSSR count). The Balaban J connectivity index is 1.69. The van der Waals surface area contributed by atoms with Crippen LogP contribution in [0.3, 0.4) is 0 Å². The summed E-state index contributed by atoms with van der Waals surface area (Å²) in [5, 5.41) is 0. The third-order valence-corrected chi connectivity index (χ3v) is 7.91. The molecule has 0 saturated heterocycles. The van der Waals surface area contributed by atoms with Gasteiger partial charge in [-0.2, -0.15) is 0 Å². The van der Waals surface area contributed by atoms with E-state index in [9.17, 15) is 8.42 Å². The van der Waals surface area contributed by atoms with Crippen molar-refractivity contribution in [3.05, 3.63) is 51.9 Å². The number of hydrogen-bond acceptors (Lipinski definition) is 4. The Morgan fingerprint density at radius 1 is 1.26 bits per heavy atom. The fourth-order valence-electron chi connectivity index (χ4n) is 3.80. The average molecular weight is 348 g/mol. The molecule has 2 heterocycles. The first-order valence-electron chi connectivity index (χ1n) is 7.86. The maximum absolute atomic E-state index is 12.7. The number of benzene rings is 1. The number of rotatable bonds is 3. The second kappa shape index (κ2) is 5.41. The highest BCUT2D eigenvalue weighted by Gasteiger charge is 2.39. The van der Waals surface area contributed by atoms with Crippen LogP contribution < -0.4 is 4.72 Å². The molecule has 1 aromatic heterocycles. The van der Waals surface area contributed by atoms with Crippen molar-refractivity contribution in [3.8, 4) is 0 Å². The zero-order valence-electron chi connectivity index (χ0n) is 13.2. The molecule has 122 valence electrons. The van der Waals surface area contributed by atoms with Crippen molar-refractivity contribution in [2.75, 3.05) is 13.6 Å². The van der Waals surface area contributed by atoms with Gasteiger partial charge in [0.25, 0.3) is 10.0 Å². The second-order valence-corrected chi connectivity index (χ2v) is 9.67. The lowest BCUT2D eigenvalue weighted by Crippen LogP contribution is -2.31. The fourth-order valence-corrected chi connectivity index (χ4v) is 6.32. The first-order valence-corrected chi connectivity index (χ1v) is 10.2. The van der Waals surface area contributed by atoms with Crippen molar-refractivity contribution in [1.82, 2.24) is 9.62 Å². The van der Waals surface area contributed by atoms with E-state index in [0.29, 0.717) is 10.3 Å². The van der Waals surface area contributed by atoms with Gasteiger partial charge in [0.1, 0.15) is 4.21 Å². The third kappa shape index (κ3) is 2.54. The standard InChI is InChI=1S/C17H20N2O2S2/c1-11-6-7-16(22-11)23(20,21)18-14-10-15-17-12(8-9-19(15)2)4-3-5-13(14)17/h3-7,14-15,18H,8-10H2,1-2H3. The highest BCUT2D eigenvalue weighted by molar-refractivity contribution is 7.91. The summed E-state index contributed by atoms with van der Waals surface area (Å²) in [6.45, 7) is 2.96. The molecule has 1 N–H and O–H groups in total. The third-order valence-electron chi connectivity index (χ3n) is 4.94. The van der Waals surface area contributed by atoms with Crippen LogP contribution in [-0.2, 0) is 16.4 Å². The molecule has 0 radical (unpaired) electrons. The maximum Gasteiger partial charge on any atom is 0.250 e. The SMILES string of the molecule is Cc1ccc(S(=O)(=O)NC2CC3c4c(cccc42)CCN3C)s1. The van der Waals surface area contributed by atoms with Crippen molar-refractivity contribution in [1.29, 1.82) is 0 Å². The molecule has 4 nitrogen and oxygen atoms in total. The van der Waals surface area contributed by atoms with Crippen LogP contribution in [0.1, 0.15) is 40.1 Å². The van der Waals surface area contributed by atoms with Crippen molar-refractivity contribution in [2.24, 2.45) is 0 Å². The molecule has 23 heavy (non-hydrogen) atoms. The van der Waals surface area contributed by atoms with Crippen LogP contribution in [0.4, 0.5) is 0 Å². The highest BCUT2D eigenvalue weighted by Crippen LogP contribution is 2.46. The molecule has 2 unspecified atom stereocenters. The number of nitrogens with zero attached hydrogens (tertiary/aromatic N) is 1. The molecule has 1 aliphatic carbocycles. The molecular weight excluding hydrogens is 328 g/mol. The summed E-state index contributed by atoms with van der Waals surface area (Å²) in [7, 11) is -1.33. The molecule has 0 spiro atoms. The van der Waals surface area contributed by atoms with Crippen LogP contribution in [0, 0.1) is 6.92 Å². The first kappa shape index (κ1) is 15.3. The van der Waals surface area contributed by atoms with Gasteiger partial charge in [0, 0.05) is 23.5 Å². The van der Waals surface area contributed by atoms with Crippen LogP contribution in [0.15, 0.2) is 34.5 Å². The minimum atomic E-state index is -3.46. The largest absolute Gasteiger partial charge is 0.299 e. The lowest BCUT2D eigenvalue weighted by molar-refractivity contribution is 0.224. The van der Waals surface area contributed by atoms with Gasteiger partial charge < -0.3 is 0 Å². The predicted octanol–water partition coefficient (Wildman–Crippen LogP) is 3.01. The molecule has 1 aromatic carbocycles. The monoisotopic (exact) mass is 348 g/mol. The molecule has 2 atom stereocenters. The van der Waals surface area contributed by atoms with E-state index >= 15 is 0 Å². The molecule has 1 aliphatic heterocycles. The quantitative estimate of drug-likeness (QED) is 0.928. The number of nitrogens with one attached hydrogen (secondary N) is 1. The normalized spacial score (nSPS) is 23.9. The van der Waals surface area contributed by atoms with E-state index in [1.165, 1.54) is 22.5 Å². The molecule has 0 saturated carbocycles. The Kier molecular flexibility index (Phi) is 3.61. The van der Waals surface area contributed by atoms with Gasteiger partial charge >= 0.3 is 0 Å². The molecule has 0 bridgehead atoms. The Hall–Kier alpha value is -1.21. The van der Waals surface area contributed by atoms with E-state index in [2.05, 4.69) is 34.9 Å². The van der Waals surface area contributed by atoms with Gasteiger partial charge in [0.2, 0.25) is 0 Å². The lowest BCUT2D eigenvalue weighted by Gasteiger charge is -2.31. The summed E-state index contributed by atoms with van der Waals surface area (Å²) in [6, 6.07) is 10.0. The highest BCUT2D eigenvalue weighted by atomic mass is 32.2. The van der Waals surface area contributed by atoms with E-state index in [-0.39, 0.29) is 6.04 Å². The van der Waals surface area contributed by atoms with Crippen molar-refractivity contribution < 1.29 is 8.42 Å². The van der Waals surface area contributed by atoms with Crippen LogP contribution in [0.2, 0.25) is 0 Å². The minimum absolute atomic E-state index is 0.136. The van der Waals surface area contributed by atoms with Crippen molar-refractivity contribution in [3.63, 3.8) is 0 Å². The van der Waals surface area contributed by atoms with E-state index in [1.54, 1.807) is 6.07 Å². The summed E-state index contributed by atoms with van der Waals surface area (Å²) in [4.78, 5) is 3.35. The van der Waals surface area contributed by atoms with Crippen molar-refractivity contribution in [2.45, 2.75) is 36.1 Å². The summed E-state index contributed by atoms with van der Waals surface area (Å²) in [5.41, 5.74) is 3.87. The number of sulfonamides is 1. The van der Waals surface area contributed by atoms with Crippen molar-refractivity contribution >= 4 is 21.4 Å². The average Bonchev–Trinajstić information content (AvgIpc) is 3.10. The predicted molar refractivity (Wildman–Crippen MR) is 92.3 cm³/mol. The van der Waals surface area contributed by atoms with E-state index < -0.39 is 10.0 Å². The van der Waals surface area contributed by atoms with E-state index in [1.807, 2.05) is 13.0 Å². The number of aryl methyl sites for hydroxylation is 1. The summed E-state index contributed by atoms with van der Waals surface area (Å²) >= 11 is 1.32. The van der Waals surface area contributed by atoms with Gasteiger partial charge in [-0.15, -0.1) is 11.3 Å². The Morgan fingerprint density at radius 3 is 2.83 bits per heavy atom. The summed E-state index contributed by atoms with van der Waals surface area (Å²) in [6.07, 6.45) is 1.85. The molecule has 0 fully saturated rings. The smallest absolute Gasteiger partial charge is 0.250 e. The summed E-state index contributed by atoms with van der Waals surface area (Å²) in [5.74, 6) is 0. The Labute approximate surface area is 141 Å². The van der Waals surface area contributed by atoms with Gasteiger partial charge in [-0.1, -0.05) is 18.2 Å². The van der Waals surface area contributed by atoms with E-state index in [0.717, 1.165) is 29.8 Å². The zero-order valence-corrected chi connectivity index (χ0v) is 14.9. The molecule has 2 aliphatic rings. The summed E-state index contributed by atoms with van der Waals surface area (Å²) < 4.78 is 28.7. The molecule has 0 amide bonds. The van der Waals surface area contributed by atoms with Crippen LogP contribution >= 0.6 is 11.3 Å². The van der Waals surface area contributed by atoms with Gasteiger partial charge in [0.15, 0.2) is 0 Å². The van der Waals surface area contributed by atoms with Crippen LogP contribution in [0.5, 0.6) is 0 Å². The molecular formula is C17H20N2O2S2.